The van der Waals surface area contributed by atoms with Crippen molar-refractivity contribution in [2.24, 2.45) is 5.73 Å². The Hall–Kier alpha value is -1.22. The van der Waals surface area contributed by atoms with Crippen molar-refractivity contribution < 1.29 is 9.84 Å². The number of phenolic OH excluding ortho intramolecular Hbond substituents is 1. The van der Waals surface area contributed by atoms with E-state index in [0.29, 0.717) is 11.3 Å². The first-order valence-electron chi connectivity index (χ1n) is 5.32. The van der Waals surface area contributed by atoms with Crippen LogP contribution in [0.4, 0.5) is 0 Å². The molecule has 15 heavy (non-hydrogen) atoms. The summed E-state index contributed by atoms with van der Waals surface area (Å²) in [5.74, 6) is 0.886. The summed E-state index contributed by atoms with van der Waals surface area (Å²) >= 11 is 0. The summed E-state index contributed by atoms with van der Waals surface area (Å²) in [7, 11) is 1.59. The maximum atomic E-state index is 9.73. The summed E-state index contributed by atoms with van der Waals surface area (Å²) in [6.45, 7) is 2.12. The van der Waals surface area contributed by atoms with Gasteiger partial charge in [-0.15, -0.1) is 0 Å². The van der Waals surface area contributed by atoms with Gasteiger partial charge in [0.05, 0.1) is 12.7 Å². The monoisotopic (exact) mass is 209 g/mol. The van der Waals surface area contributed by atoms with E-state index >= 15 is 0 Å². The summed E-state index contributed by atoms with van der Waals surface area (Å²) in [4.78, 5) is 0. The number of unbranched alkanes of at least 4 members (excludes halogenated alkanes) is 1. The van der Waals surface area contributed by atoms with Crippen LogP contribution in [0, 0.1) is 0 Å². The molecular weight excluding hydrogens is 190 g/mol. The quantitative estimate of drug-likeness (QED) is 0.783. The molecule has 0 saturated carbocycles. The molecule has 84 valence electrons. The van der Waals surface area contributed by atoms with Crippen molar-refractivity contribution in [2.75, 3.05) is 7.11 Å². The average molecular weight is 209 g/mol. The van der Waals surface area contributed by atoms with Crippen LogP contribution in [0.5, 0.6) is 11.5 Å². The Morgan fingerprint density at radius 1 is 1.47 bits per heavy atom. The molecule has 0 aromatic heterocycles. The first-order valence-corrected chi connectivity index (χ1v) is 5.32. The number of benzene rings is 1. The van der Waals surface area contributed by atoms with Crippen LogP contribution < -0.4 is 10.5 Å². The second-order valence-electron chi connectivity index (χ2n) is 3.64. The lowest BCUT2D eigenvalue weighted by atomic mass is 10.00. The van der Waals surface area contributed by atoms with Gasteiger partial charge in [-0.25, -0.2) is 0 Å². The zero-order valence-electron chi connectivity index (χ0n) is 9.36. The van der Waals surface area contributed by atoms with Gasteiger partial charge in [-0.05, 0) is 18.6 Å². The highest BCUT2D eigenvalue weighted by Gasteiger charge is 2.15. The van der Waals surface area contributed by atoms with Crippen molar-refractivity contribution in [3.05, 3.63) is 23.8 Å². The molecule has 1 atom stereocenters. The van der Waals surface area contributed by atoms with Crippen LogP contribution in [0.25, 0.3) is 0 Å². The number of hydrogen-bond acceptors (Lipinski definition) is 3. The van der Waals surface area contributed by atoms with E-state index in [2.05, 4.69) is 6.92 Å². The van der Waals surface area contributed by atoms with Gasteiger partial charge in [0.25, 0.3) is 0 Å². The third kappa shape index (κ3) is 2.86. The van der Waals surface area contributed by atoms with Gasteiger partial charge in [0, 0.05) is 6.04 Å². The van der Waals surface area contributed by atoms with Crippen LogP contribution in [0.1, 0.15) is 37.8 Å². The number of methoxy groups -OCH3 is 1. The van der Waals surface area contributed by atoms with Crippen molar-refractivity contribution in [2.45, 2.75) is 32.2 Å². The zero-order chi connectivity index (χ0) is 11.3. The third-order valence-electron chi connectivity index (χ3n) is 2.50. The molecule has 1 aromatic carbocycles. The molecule has 0 fully saturated rings. The molecular formula is C12H19NO2. The molecule has 0 aliphatic rings. The fourth-order valence-electron chi connectivity index (χ4n) is 1.65. The van der Waals surface area contributed by atoms with Gasteiger partial charge in [-0.3, -0.25) is 0 Å². The van der Waals surface area contributed by atoms with Crippen LogP contribution in [0.2, 0.25) is 0 Å². The van der Waals surface area contributed by atoms with E-state index in [1.807, 2.05) is 6.07 Å². The van der Waals surface area contributed by atoms with Gasteiger partial charge >= 0.3 is 0 Å². The Kier molecular flexibility index (Phi) is 4.43. The molecule has 3 nitrogen and oxygen atoms in total. The molecule has 0 spiro atoms. The molecule has 1 aromatic rings. The second-order valence-corrected chi connectivity index (χ2v) is 3.64. The minimum absolute atomic E-state index is 0.152. The maximum Gasteiger partial charge on any atom is 0.127 e. The molecule has 0 radical (unpaired) electrons. The summed E-state index contributed by atoms with van der Waals surface area (Å²) in [5.41, 5.74) is 6.73. The van der Waals surface area contributed by atoms with Gasteiger partial charge < -0.3 is 15.6 Å². The predicted octanol–water partition coefficient (Wildman–Crippen LogP) is 2.59. The Labute approximate surface area is 90.9 Å². The zero-order valence-corrected chi connectivity index (χ0v) is 9.36. The molecule has 3 heteroatoms. The van der Waals surface area contributed by atoms with Gasteiger partial charge in [0.2, 0.25) is 0 Å². The highest BCUT2D eigenvalue weighted by Crippen LogP contribution is 2.34. The molecule has 0 heterocycles. The van der Waals surface area contributed by atoms with Crippen molar-refractivity contribution in [1.29, 1.82) is 0 Å². The SMILES string of the molecule is CCCC[C@H](N)c1c(O)cccc1OC. The van der Waals surface area contributed by atoms with Crippen molar-refractivity contribution in [3.63, 3.8) is 0 Å². The van der Waals surface area contributed by atoms with Crippen LogP contribution in [-0.2, 0) is 0 Å². The Morgan fingerprint density at radius 2 is 2.20 bits per heavy atom. The fourth-order valence-corrected chi connectivity index (χ4v) is 1.65. The lowest BCUT2D eigenvalue weighted by Crippen LogP contribution is -2.11. The maximum absolute atomic E-state index is 9.73. The normalized spacial score (nSPS) is 12.5. The lowest BCUT2D eigenvalue weighted by molar-refractivity contribution is 0.390. The Balaban J connectivity index is 2.90. The highest BCUT2D eigenvalue weighted by molar-refractivity contribution is 5.45. The first-order chi connectivity index (χ1) is 7.20. The molecule has 0 unspecified atom stereocenters. The Bertz CT molecular complexity index is 312. The van der Waals surface area contributed by atoms with E-state index in [1.54, 1.807) is 19.2 Å². The summed E-state index contributed by atoms with van der Waals surface area (Å²) < 4.78 is 5.19. The number of rotatable bonds is 5. The van der Waals surface area contributed by atoms with E-state index in [-0.39, 0.29) is 11.8 Å². The van der Waals surface area contributed by atoms with E-state index in [4.69, 9.17) is 10.5 Å². The number of phenols is 1. The van der Waals surface area contributed by atoms with Crippen molar-refractivity contribution in [1.82, 2.24) is 0 Å². The van der Waals surface area contributed by atoms with Gasteiger partial charge in [-0.1, -0.05) is 25.8 Å². The number of hydrogen-bond donors (Lipinski definition) is 2. The van der Waals surface area contributed by atoms with Crippen LogP contribution in [-0.4, -0.2) is 12.2 Å². The smallest absolute Gasteiger partial charge is 0.127 e. The highest BCUT2D eigenvalue weighted by atomic mass is 16.5. The first kappa shape index (κ1) is 11.9. The molecule has 0 aliphatic carbocycles. The van der Waals surface area contributed by atoms with Crippen LogP contribution in [0.3, 0.4) is 0 Å². The van der Waals surface area contributed by atoms with E-state index in [0.717, 1.165) is 19.3 Å². The summed E-state index contributed by atoms with van der Waals surface area (Å²) in [6.07, 6.45) is 3.02. The Morgan fingerprint density at radius 3 is 2.80 bits per heavy atom. The topological polar surface area (TPSA) is 55.5 Å². The summed E-state index contributed by atoms with van der Waals surface area (Å²) in [5, 5.41) is 9.73. The molecule has 0 bridgehead atoms. The van der Waals surface area contributed by atoms with Crippen LogP contribution >= 0.6 is 0 Å². The standard InChI is InChI=1S/C12H19NO2/c1-3-4-6-9(13)12-10(14)7-5-8-11(12)15-2/h5,7-9,14H,3-4,6,13H2,1-2H3/t9-/m0/s1. The minimum Gasteiger partial charge on any atom is -0.507 e. The lowest BCUT2D eigenvalue weighted by Gasteiger charge is -2.16. The number of nitrogens with two attached hydrogens (primary N) is 1. The average Bonchev–Trinajstić information content (AvgIpc) is 2.25. The van der Waals surface area contributed by atoms with Gasteiger partial charge in [-0.2, -0.15) is 0 Å². The van der Waals surface area contributed by atoms with E-state index in [9.17, 15) is 5.11 Å². The molecule has 0 aliphatic heterocycles. The minimum atomic E-state index is -0.152. The van der Waals surface area contributed by atoms with Crippen LogP contribution in [0.15, 0.2) is 18.2 Å². The molecule has 0 saturated heterocycles. The van der Waals surface area contributed by atoms with Crippen molar-refractivity contribution >= 4 is 0 Å². The van der Waals surface area contributed by atoms with Gasteiger partial charge in [0.1, 0.15) is 11.5 Å². The molecule has 0 amide bonds. The van der Waals surface area contributed by atoms with E-state index in [1.165, 1.54) is 0 Å². The largest absolute Gasteiger partial charge is 0.507 e. The molecule has 3 N–H and O–H groups in total. The second kappa shape index (κ2) is 5.61. The number of ether oxygens (including phenoxy) is 1. The van der Waals surface area contributed by atoms with E-state index < -0.39 is 0 Å². The van der Waals surface area contributed by atoms with Crippen molar-refractivity contribution in [3.8, 4) is 11.5 Å². The molecule has 1 rings (SSSR count). The van der Waals surface area contributed by atoms with Gasteiger partial charge in [0.15, 0.2) is 0 Å². The summed E-state index contributed by atoms with van der Waals surface area (Å²) in [6, 6.07) is 5.07. The number of aromatic hydroxyl groups is 1. The fraction of sp³-hybridized carbons (Fsp3) is 0.500. The predicted molar refractivity (Wildman–Crippen MR) is 61.1 cm³/mol. The third-order valence-corrected chi connectivity index (χ3v) is 2.50.